The van der Waals surface area contributed by atoms with Crippen molar-refractivity contribution in [1.29, 1.82) is 0 Å². The highest BCUT2D eigenvalue weighted by molar-refractivity contribution is 7.99. The fourth-order valence-corrected chi connectivity index (χ4v) is 2.87. The number of nitrogens with zero attached hydrogens (tertiary/aromatic N) is 2. The number of nitrogen functional groups attached to an aromatic ring is 1. The van der Waals surface area contributed by atoms with Gasteiger partial charge in [-0.3, -0.25) is 0 Å². The van der Waals surface area contributed by atoms with Crippen molar-refractivity contribution < 1.29 is 9.90 Å². The highest BCUT2D eigenvalue weighted by atomic mass is 32.2. The first-order valence-corrected chi connectivity index (χ1v) is 7.25. The number of aromatic carboxylic acids is 1. The van der Waals surface area contributed by atoms with E-state index in [0.717, 1.165) is 22.6 Å². The molecule has 6 heteroatoms. The van der Waals surface area contributed by atoms with E-state index in [9.17, 15) is 9.90 Å². The SMILES string of the molecule is CCSc1nn(-c2cc(C)cc(C)c2)c(N)c1C(=O)O. The molecular formula is C14H17N3O2S. The number of aryl methyl sites for hydroxylation is 2. The van der Waals surface area contributed by atoms with Gasteiger partial charge in [0.05, 0.1) is 5.69 Å². The molecule has 0 spiro atoms. The van der Waals surface area contributed by atoms with Crippen molar-refractivity contribution in [3.63, 3.8) is 0 Å². The average Bonchev–Trinajstić information content (AvgIpc) is 2.65. The molecule has 2 aromatic rings. The van der Waals surface area contributed by atoms with Gasteiger partial charge in [0.1, 0.15) is 16.4 Å². The lowest BCUT2D eigenvalue weighted by atomic mass is 10.1. The Hall–Kier alpha value is -1.95. The van der Waals surface area contributed by atoms with Crippen LogP contribution in [0.4, 0.5) is 5.82 Å². The molecule has 0 aliphatic carbocycles. The minimum Gasteiger partial charge on any atom is -0.477 e. The van der Waals surface area contributed by atoms with E-state index in [1.54, 1.807) is 0 Å². The summed E-state index contributed by atoms with van der Waals surface area (Å²) < 4.78 is 1.50. The van der Waals surface area contributed by atoms with Gasteiger partial charge in [-0.1, -0.05) is 13.0 Å². The second-order valence-electron chi connectivity index (χ2n) is 4.56. The minimum atomic E-state index is -1.05. The fraction of sp³-hybridized carbons (Fsp3) is 0.286. The van der Waals surface area contributed by atoms with Crippen LogP contribution in [0, 0.1) is 13.8 Å². The van der Waals surface area contributed by atoms with E-state index in [-0.39, 0.29) is 11.4 Å². The molecule has 0 radical (unpaired) electrons. The Labute approximate surface area is 121 Å². The number of rotatable bonds is 4. The summed E-state index contributed by atoms with van der Waals surface area (Å²) in [6.07, 6.45) is 0. The minimum absolute atomic E-state index is 0.0796. The number of hydrogen-bond acceptors (Lipinski definition) is 4. The van der Waals surface area contributed by atoms with E-state index >= 15 is 0 Å². The molecule has 1 heterocycles. The van der Waals surface area contributed by atoms with Crippen LogP contribution in [0.3, 0.4) is 0 Å². The largest absolute Gasteiger partial charge is 0.477 e. The number of anilines is 1. The third kappa shape index (κ3) is 2.65. The fourth-order valence-electron chi connectivity index (χ4n) is 2.12. The number of benzene rings is 1. The summed E-state index contributed by atoms with van der Waals surface area (Å²) in [6.45, 7) is 5.91. The molecule has 0 atom stereocenters. The molecule has 0 fully saturated rings. The summed E-state index contributed by atoms with van der Waals surface area (Å²) in [5.41, 5.74) is 9.00. The van der Waals surface area contributed by atoms with E-state index in [2.05, 4.69) is 5.10 Å². The van der Waals surface area contributed by atoms with Crippen LogP contribution in [-0.4, -0.2) is 26.6 Å². The molecule has 1 aromatic carbocycles. The average molecular weight is 291 g/mol. The molecule has 106 valence electrons. The van der Waals surface area contributed by atoms with Crippen molar-refractivity contribution in [3.05, 3.63) is 34.9 Å². The highest BCUT2D eigenvalue weighted by Crippen LogP contribution is 2.29. The van der Waals surface area contributed by atoms with Crippen LogP contribution in [0.1, 0.15) is 28.4 Å². The monoisotopic (exact) mass is 291 g/mol. The molecule has 0 aliphatic heterocycles. The van der Waals surface area contributed by atoms with Gasteiger partial charge in [0.15, 0.2) is 0 Å². The summed E-state index contributed by atoms with van der Waals surface area (Å²) >= 11 is 1.38. The first-order valence-electron chi connectivity index (χ1n) is 6.27. The van der Waals surface area contributed by atoms with Crippen LogP contribution in [0.2, 0.25) is 0 Å². The smallest absolute Gasteiger partial charge is 0.342 e. The normalized spacial score (nSPS) is 10.8. The molecular weight excluding hydrogens is 274 g/mol. The number of carboxylic acids is 1. The Morgan fingerprint density at radius 2 is 1.95 bits per heavy atom. The lowest BCUT2D eigenvalue weighted by Gasteiger charge is -2.06. The van der Waals surface area contributed by atoms with Crippen LogP contribution in [0.15, 0.2) is 23.2 Å². The maximum absolute atomic E-state index is 11.3. The molecule has 0 saturated carbocycles. The third-order valence-electron chi connectivity index (χ3n) is 2.83. The summed E-state index contributed by atoms with van der Waals surface area (Å²) in [4.78, 5) is 11.3. The molecule has 0 bridgehead atoms. The van der Waals surface area contributed by atoms with Crippen molar-refractivity contribution in [2.45, 2.75) is 25.8 Å². The standard InChI is InChI=1S/C14H17N3O2S/c1-4-20-13-11(14(18)19)12(15)17(16-13)10-6-8(2)5-9(3)7-10/h5-7H,4,15H2,1-3H3,(H,18,19). The van der Waals surface area contributed by atoms with E-state index in [4.69, 9.17) is 5.73 Å². The number of thioether (sulfide) groups is 1. The Morgan fingerprint density at radius 1 is 1.35 bits per heavy atom. The molecule has 20 heavy (non-hydrogen) atoms. The van der Waals surface area contributed by atoms with Gasteiger partial charge in [0.2, 0.25) is 0 Å². The topological polar surface area (TPSA) is 81.1 Å². The van der Waals surface area contributed by atoms with E-state index in [1.165, 1.54) is 16.4 Å². The van der Waals surface area contributed by atoms with Gasteiger partial charge >= 0.3 is 5.97 Å². The molecule has 5 nitrogen and oxygen atoms in total. The van der Waals surface area contributed by atoms with Crippen molar-refractivity contribution in [2.75, 3.05) is 11.5 Å². The molecule has 0 amide bonds. The van der Waals surface area contributed by atoms with Gasteiger partial charge in [-0.2, -0.15) is 5.10 Å². The predicted octanol–water partition coefficient (Wildman–Crippen LogP) is 2.88. The summed E-state index contributed by atoms with van der Waals surface area (Å²) in [7, 11) is 0. The van der Waals surface area contributed by atoms with Crippen molar-refractivity contribution >= 4 is 23.5 Å². The highest BCUT2D eigenvalue weighted by Gasteiger charge is 2.22. The number of carbonyl (C=O) groups is 1. The van der Waals surface area contributed by atoms with Crippen molar-refractivity contribution in [1.82, 2.24) is 9.78 Å². The molecule has 0 saturated heterocycles. The lowest BCUT2D eigenvalue weighted by Crippen LogP contribution is -2.06. The first-order chi connectivity index (χ1) is 9.43. The van der Waals surface area contributed by atoms with Gasteiger partial charge in [0.25, 0.3) is 0 Å². The van der Waals surface area contributed by atoms with Crippen LogP contribution in [0.25, 0.3) is 5.69 Å². The summed E-state index contributed by atoms with van der Waals surface area (Å²) in [5.74, 6) is -0.142. The Bertz CT molecular complexity index is 644. The zero-order valence-electron chi connectivity index (χ0n) is 11.7. The Balaban J connectivity index is 2.62. The first kappa shape index (κ1) is 14.5. The summed E-state index contributed by atoms with van der Waals surface area (Å²) in [5, 5.41) is 14.1. The molecule has 0 aliphatic rings. The molecule has 3 N–H and O–H groups in total. The number of carboxylic acid groups (broad SMARTS) is 1. The van der Waals surface area contributed by atoms with Crippen LogP contribution in [0.5, 0.6) is 0 Å². The molecule has 2 rings (SSSR count). The van der Waals surface area contributed by atoms with Crippen LogP contribution >= 0.6 is 11.8 Å². The van der Waals surface area contributed by atoms with Gasteiger partial charge in [-0.25, -0.2) is 9.48 Å². The van der Waals surface area contributed by atoms with Crippen molar-refractivity contribution in [3.8, 4) is 5.69 Å². The Morgan fingerprint density at radius 3 is 2.45 bits per heavy atom. The lowest BCUT2D eigenvalue weighted by molar-refractivity contribution is 0.0694. The number of nitrogens with two attached hydrogens (primary N) is 1. The number of aromatic nitrogens is 2. The second-order valence-corrected chi connectivity index (χ2v) is 5.81. The third-order valence-corrected chi connectivity index (χ3v) is 3.68. The molecule has 0 unspecified atom stereocenters. The van der Waals surface area contributed by atoms with Crippen LogP contribution < -0.4 is 5.73 Å². The zero-order valence-corrected chi connectivity index (χ0v) is 12.5. The van der Waals surface area contributed by atoms with Gasteiger partial charge < -0.3 is 10.8 Å². The van der Waals surface area contributed by atoms with E-state index in [1.807, 2.05) is 39.0 Å². The Kier molecular flexibility index (Phi) is 4.04. The van der Waals surface area contributed by atoms with E-state index in [0.29, 0.717) is 5.03 Å². The predicted molar refractivity (Wildman–Crippen MR) is 80.8 cm³/mol. The van der Waals surface area contributed by atoms with Gasteiger partial charge in [0, 0.05) is 0 Å². The van der Waals surface area contributed by atoms with E-state index < -0.39 is 5.97 Å². The zero-order chi connectivity index (χ0) is 14.9. The maximum Gasteiger partial charge on any atom is 0.342 e. The van der Waals surface area contributed by atoms with Gasteiger partial charge in [-0.05, 0) is 42.9 Å². The quantitative estimate of drug-likeness (QED) is 0.847. The maximum atomic E-state index is 11.3. The van der Waals surface area contributed by atoms with Crippen LogP contribution in [-0.2, 0) is 0 Å². The molecule has 1 aromatic heterocycles. The van der Waals surface area contributed by atoms with Crippen molar-refractivity contribution in [2.24, 2.45) is 0 Å². The number of hydrogen-bond donors (Lipinski definition) is 2. The summed E-state index contributed by atoms with van der Waals surface area (Å²) in [6, 6.07) is 5.91. The van der Waals surface area contributed by atoms with Gasteiger partial charge in [-0.15, -0.1) is 11.8 Å². The second kappa shape index (κ2) is 5.58.